The molecule has 0 saturated heterocycles. The molecule has 33 heavy (non-hydrogen) atoms. The number of nitrogens with zero attached hydrogens (tertiary/aromatic N) is 1. The highest BCUT2D eigenvalue weighted by molar-refractivity contribution is 5.97. The Bertz CT molecular complexity index is 1230. The topological polar surface area (TPSA) is 76.1 Å². The van der Waals surface area contributed by atoms with Crippen molar-refractivity contribution in [1.29, 1.82) is 0 Å². The standard InChI is InChI=1S/C15H20O3.C10H11NO3.CH4/c1-9-12-10(16-5)7-8-11(17-6)13(12)14(18-9)15(2,3)4;1-6-9-7(12-2)4-5-8(13-3)10(9)11-14-6;/h7-8H,1-6H3;4-5H,1-3H3;1H4. The molecule has 0 spiro atoms. The van der Waals surface area contributed by atoms with Gasteiger partial charge in [0.1, 0.15) is 40.3 Å². The molecule has 0 fully saturated rings. The summed E-state index contributed by atoms with van der Waals surface area (Å²) in [4.78, 5) is 0. The first kappa shape index (κ1) is 25.9. The monoisotopic (exact) mass is 457 g/mol. The Balaban J connectivity index is 0.000000233. The molecule has 4 rings (SSSR count). The Morgan fingerprint density at radius 3 is 1.61 bits per heavy atom. The van der Waals surface area contributed by atoms with E-state index >= 15 is 0 Å². The Hall–Kier alpha value is -3.35. The molecule has 0 aliphatic heterocycles. The lowest BCUT2D eigenvalue weighted by molar-refractivity contribution is 0.393. The predicted molar refractivity (Wildman–Crippen MR) is 131 cm³/mol. The summed E-state index contributed by atoms with van der Waals surface area (Å²) in [7, 11) is 6.57. The maximum Gasteiger partial charge on any atom is 0.159 e. The molecule has 2 aromatic heterocycles. The predicted octanol–water partition coefficient (Wildman–Crippen LogP) is 6.85. The summed E-state index contributed by atoms with van der Waals surface area (Å²) in [6.45, 7) is 10.2. The summed E-state index contributed by atoms with van der Waals surface area (Å²) >= 11 is 0. The molecular weight excluding hydrogens is 422 g/mol. The maximum atomic E-state index is 5.95. The van der Waals surface area contributed by atoms with E-state index in [9.17, 15) is 0 Å². The zero-order valence-corrected chi connectivity index (χ0v) is 20.2. The van der Waals surface area contributed by atoms with E-state index in [4.69, 9.17) is 27.9 Å². The third-order valence-electron chi connectivity index (χ3n) is 5.25. The number of hydrogen-bond donors (Lipinski definition) is 0. The molecule has 0 aliphatic rings. The van der Waals surface area contributed by atoms with Gasteiger partial charge in [-0.25, -0.2) is 0 Å². The van der Waals surface area contributed by atoms with Gasteiger partial charge in [-0.2, -0.15) is 0 Å². The Labute approximate surface area is 195 Å². The van der Waals surface area contributed by atoms with E-state index in [1.165, 1.54) is 0 Å². The fourth-order valence-electron chi connectivity index (χ4n) is 3.74. The van der Waals surface area contributed by atoms with Crippen LogP contribution >= 0.6 is 0 Å². The number of benzene rings is 2. The van der Waals surface area contributed by atoms with Gasteiger partial charge in [-0.05, 0) is 38.1 Å². The number of furan rings is 1. The first-order valence-corrected chi connectivity index (χ1v) is 10.3. The van der Waals surface area contributed by atoms with Crippen molar-refractivity contribution in [2.75, 3.05) is 28.4 Å². The Kier molecular flexibility index (Phi) is 7.90. The summed E-state index contributed by atoms with van der Waals surface area (Å²) in [5.74, 6) is 5.62. The van der Waals surface area contributed by atoms with Crippen LogP contribution in [-0.4, -0.2) is 33.6 Å². The normalized spacial score (nSPS) is 10.9. The Morgan fingerprint density at radius 1 is 0.667 bits per heavy atom. The van der Waals surface area contributed by atoms with Gasteiger partial charge < -0.3 is 27.9 Å². The average Bonchev–Trinajstić information content (AvgIpc) is 3.34. The minimum atomic E-state index is -0.0772. The van der Waals surface area contributed by atoms with Crippen LogP contribution in [0.2, 0.25) is 0 Å². The molecule has 180 valence electrons. The van der Waals surface area contributed by atoms with E-state index in [0.717, 1.165) is 50.7 Å². The van der Waals surface area contributed by atoms with Gasteiger partial charge in [-0.3, -0.25) is 0 Å². The zero-order chi connectivity index (χ0) is 23.6. The van der Waals surface area contributed by atoms with Crippen LogP contribution in [-0.2, 0) is 5.41 Å². The summed E-state index contributed by atoms with van der Waals surface area (Å²) in [5.41, 5.74) is 0.621. The van der Waals surface area contributed by atoms with Crippen molar-refractivity contribution in [2.45, 2.75) is 47.5 Å². The van der Waals surface area contributed by atoms with Crippen molar-refractivity contribution in [1.82, 2.24) is 5.16 Å². The maximum absolute atomic E-state index is 5.95. The fourth-order valence-corrected chi connectivity index (χ4v) is 3.74. The van der Waals surface area contributed by atoms with Crippen molar-refractivity contribution in [3.8, 4) is 23.0 Å². The lowest BCUT2D eigenvalue weighted by Gasteiger charge is -2.16. The molecule has 0 saturated carbocycles. The first-order valence-electron chi connectivity index (χ1n) is 10.3. The number of methoxy groups -OCH3 is 4. The highest BCUT2D eigenvalue weighted by atomic mass is 16.5. The average molecular weight is 458 g/mol. The van der Waals surface area contributed by atoms with Crippen molar-refractivity contribution in [3.05, 3.63) is 41.5 Å². The van der Waals surface area contributed by atoms with E-state index in [0.29, 0.717) is 11.3 Å². The lowest BCUT2D eigenvalue weighted by Crippen LogP contribution is -2.10. The molecule has 0 radical (unpaired) electrons. The minimum absolute atomic E-state index is 0. The quantitative estimate of drug-likeness (QED) is 0.332. The second-order valence-corrected chi connectivity index (χ2v) is 8.39. The molecule has 7 nitrogen and oxygen atoms in total. The van der Waals surface area contributed by atoms with E-state index in [1.54, 1.807) is 28.4 Å². The van der Waals surface area contributed by atoms with Gasteiger partial charge in [0.15, 0.2) is 5.52 Å². The van der Waals surface area contributed by atoms with Crippen LogP contribution in [0.15, 0.2) is 33.2 Å². The molecule has 4 aromatic rings. The SMILES string of the molecule is C.COc1ccc(OC)c2c(C(C)(C)C)oc(C)c12.COc1ccc(OC)c2c(C)onc12. The van der Waals surface area contributed by atoms with E-state index in [1.807, 2.05) is 38.1 Å². The molecule has 0 atom stereocenters. The molecule has 0 unspecified atom stereocenters. The third kappa shape index (κ3) is 4.72. The van der Waals surface area contributed by atoms with E-state index in [-0.39, 0.29) is 12.8 Å². The molecule has 0 aliphatic carbocycles. The third-order valence-corrected chi connectivity index (χ3v) is 5.25. The van der Waals surface area contributed by atoms with Crippen LogP contribution in [0.3, 0.4) is 0 Å². The molecular formula is C26H35NO6. The second-order valence-electron chi connectivity index (χ2n) is 8.39. The van der Waals surface area contributed by atoms with Gasteiger partial charge in [-0.15, -0.1) is 0 Å². The van der Waals surface area contributed by atoms with Gasteiger partial charge in [0.05, 0.1) is 44.6 Å². The van der Waals surface area contributed by atoms with Crippen LogP contribution in [0.4, 0.5) is 0 Å². The van der Waals surface area contributed by atoms with Crippen LogP contribution in [0.25, 0.3) is 21.7 Å². The summed E-state index contributed by atoms with van der Waals surface area (Å²) in [6.07, 6.45) is 0. The van der Waals surface area contributed by atoms with Gasteiger partial charge in [-0.1, -0.05) is 33.4 Å². The van der Waals surface area contributed by atoms with Crippen LogP contribution < -0.4 is 18.9 Å². The highest BCUT2D eigenvalue weighted by Crippen LogP contribution is 2.43. The van der Waals surface area contributed by atoms with Gasteiger partial charge in [0, 0.05) is 5.41 Å². The second kappa shape index (κ2) is 10.1. The molecule has 2 heterocycles. The Morgan fingerprint density at radius 2 is 1.12 bits per heavy atom. The van der Waals surface area contributed by atoms with Crippen LogP contribution in [0.1, 0.15) is 45.5 Å². The van der Waals surface area contributed by atoms with Crippen molar-refractivity contribution in [3.63, 3.8) is 0 Å². The van der Waals surface area contributed by atoms with Gasteiger partial charge >= 0.3 is 0 Å². The highest BCUT2D eigenvalue weighted by Gasteiger charge is 2.27. The number of ether oxygens (including phenoxy) is 4. The molecule has 0 amide bonds. The smallest absolute Gasteiger partial charge is 0.159 e. The largest absolute Gasteiger partial charge is 0.496 e. The van der Waals surface area contributed by atoms with Crippen LogP contribution in [0, 0.1) is 13.8 Å². The van der Waals surface area contributed by atoms with Crippen LogP contribution in [0.5, 0.6) is 23.0 Å². The molecule has 7 heteroatoms. The fraction of sp³-hybridized carbons (Fsp3) is 0.423. The summed E-state index contributed by atoms with van der Waals surface area (Å²) in [6, 6.07) is 7.48. The van der Waals surface area contributed by atoms with Crippen molar-refractivity contribution >= 4 is 21.7 Å². The zero-order valence-electron chi connectivity index (χ0n) is 20.2. The number of fused-ring (bicyclic) bond motifs is 2. The van der Waals surface area contributed by atoms with Gasteiger partial charge in [0.25, 0.3) is 0 Å². The molecule has 0 bridgehead atoms. The first-order chi connectivity index (χ1) is 15.2. The number of hydrogen-bond acceptors (Lipinski definition) is 7. The number of rotatable bonds is 4. The van der Waals surface area contributed by atoms with E-state index in [2.05, 4.69) is 25.9 Å². The van der Waals surface area contributed by atoms with Gasteiger partial charge in [0.2, 0.25) is 0 Å². The van der Waals surface area contributed by atoms with Crippen molar-refractivity contribution < 1.29 is 27.9 Å². The summed E-state index contributed by atoms with van der Waals surface area (Å²) < 4.78 is 32.3. The summed E-state index contributed by atoms with van der Waals surface area (Å²) in [5, 5.41) is 6.80. The lowest BCUT2D eigenvalue weighted by atomic mass is 9.90. The van der Waals surface area contributed by atoms with E-state index < -0.39 is 0 Å². The van der Waals surface area contributed by atoms with Crippen molar-refractivity contribution in [2.24, 2.45) is 0 Å². The molecule has 2 aromatic carbocycles. The number of aryl methyl sites for hydroxylation is 2. The number of aromatic nitrogens is 1. The minimum Gasteiger partial charge on any atom is -0.496 e. The molecule has 0 N–H and O–H groups in total.